The third kappa shape index (κ3) is 3.50. The van der Waals surface area contributed by atoms with E-state index in [1.165, 1.54) is 0 Å². The molecule has 0 N–H and O–H groups in total. The summed E-state index contributed by atoms with van der Waals surface area (Å²) in [4.78, 5) is 16.8. The van der Waals surface area contributed by atoms with Crippen molar-refractivity contribution in [3.63, 3.8) is 0 Å². The predicted molar refractivity (Wildman–Crippen MR) is 114 cm³/mol. The Hall–Kier alpha value is -2.43. The Morgan fingerprint density at radius 2 is 1.89 bits per heavy atom. The summed E-state index contributed by atoms with van der Waals surface area (Å²) in [6.45, 7) is 0.462. The molecule has 7 heteroatoms. The molecule has 2 aromatic carbocycles. The van der Waals surface area contributed by atoms with Crippen LogP contribution in [0.5, 0.6) is 5.75 Å². The lowest BCUT2D eigenvalue weighted by Gasteiger charge is -2.42. The van der Waals surface area contributed by atoms with Crippen molar-refractivity contribution >= 4 is 39.3 Å². The van der Waals surface area contributed by atoms with E-state index in [0.29, 0.717) is 24.5 Å². The molecule has 0 aliphatic carbocycles. The molecule has 2 heterocycles. The summed E-state index contributed by atoms with van der Waals surface area (Å²) < 4.78 is 6.23. The number of rotatable bonds is 3. The van der Waals surface area contributed by atoms with Gasteiger partial charge in [-0.3, -0.25) is 9.69 Å². The Morgan fingerprint density at radius 1 is 1.18 bits per heavy atom. The molecule has 1 unspecified atom stereocenters. The summed E-state index contributed by atoms with van der Waals surface area (Å²) in [5.41, 5.74) is 2.69. The summed E-state index contributed by atoms with van der Waals surface area (Å²) >= 11 is 5.00. The van der Waals surface area contributed by atoms with Gasteiger partial charge in [0.2, 0.25) is 5.91 Å². The summed E-state index contributed by atoms with van der Waals surface area (Å²) in [5.74, 6) is 1.29. The van der Waals surface area contributed by atoms with Crippen LogP contribution < -0.4 is 9.64 Å². The zero-order chi connectivity index (χ0) is 19.7. The molecule has 2 aliphatic rings. The highest BCUT2D eigenvalue weighted by Gasteiger charge is 2.38. The molecule has 1 fully saturated rings. The number of halogens is 1. The fourth-order valence-electron chi connectivity index (χ4n) is 3.50. The lowest BCUT2D eigenvalue weighted by Crippen LogP contribution is -2.47. The molecule has 0 saturated carbocycles. The van der Waals surface area contributed by atoms with Crippen molar-refractivity contribution in [3.8, 4) is 11.8 Å². The minimum atomic E-state index is -0.207. The molecule has 5 nitrogen and oxygen atoms in total. The van der Waals surface area contributed by atoms with E-state index in [1.807, 2.05) is 48.5 Å². The highest BCUT2D eigenvalue weighted by Crippen LogP contribution is 2.43. The predicted octanol–water partition coefficient (Wildman–Crippen LogP) is 4.68. The van der Waals surface area contributed by atoms with Gasteiger partial charge in [0.1, 0.15) is 5.75 Å². The molecule has 0 spiro atoms. The number of hydrogen-bond acceptors (Lipinski definition) is 5. The maximum Gasteiger partial charge on any atom is 0.229 e. The number of ether oxygens (including phenoxy) is 1. The van der Waals surface area contributed by atoms with Gasteiger partial charge in [-0.2, -0.15) is 5.26 Å². The van der Waals surface area contributed by atoms with Crippen molar-refractivity contribution in [2.45, 2.75) is 12.3 Å². The molecule has 0 bridgehead atoms. The molecule has 2 aliphatic heterocycles. The zero-order valence-electron chi connectivity index (χ0n) is 15.3. The van der Waals surface area contributed by atoms with E-state index in [9.17, 15) is 10.1 Å². The van der Waals surface area contributed by atoms with E-state index >= 15 is 0 Å². The van der Waals surface area contributed by atoms with Crippen molar-refractivity contribution in [1.82, 2.24) is 4.90 Å². The van der Waals surface area contributed by atoms with Crippen LogP contribution in [0.4, 0.5) is 5.69 Å². The number of thioether (sulfide) groups is 1. The van der Waals surface area contributed by atoms with Crippen LogP contribution in [-0.4, -0.2) is 30.5 Å². The van der Waals surface area contributed by atoms with Crippen LogP contribution in [0.2, 0.25) is 0 Å². The SMILES string of the molecule is COc1ccc(C2CC(=O)N3CN(c4ccc(Br)cc4)CSC3=C2C#N)cc1. The van der Waals surface area contributed by atoms with E-state index in [-0.39, 0.29) is 11.8 Å². The van der Waals surface area contributed by atoms with Gasteiger partial charge in [0.25, 0.3) is 0 Å². The second-order valence-electron chi connectivity index (χ2n) is 6.61. The van der Waals surface area contributed by atoms with Gasteiger partial charge in [-0.05, 0) is 42.0 Å². The van der Waals surface area contributed by atoms with E-state index in [4.69, 9.17) is 4.74 Å². The largest absolute Gasteiger partial charge is 0.497 e. The Bertz CT molecular complexity index is 967. The van der Waals surface area contributed by atoms with Gasteiger partial charge in [0.15, 0.2) is 0 Å². The molecule has 28 heavy (non-hydrogen) atoms. The Labute approximate surface area is 176 Å². The highest BCUT2D eigenvalue weighted by atomic mass is 79.9. The second kappa shape index (κ2) is 7.90. The van der Waals surface area contributed by atoms with E-state index < -0.39 is 0 Å². The summed E-state index contributed by atoms with van der Waals surface area (Å²) in [7, 11) is 1.62. The normalized spacial score (nSPS) is 19.3. The van der Waals surface area contributed by atoms with Crippen LogP contribution >= 0.6 is 27.7 Å². The molecular weight excluding hydrogens is 438 g/mol. The van der Waals surface area contributed by atoms with Crippen LogP contribution in [0.15, 0.2) is 63.6 Å². The van der Waals surface area contributed by atoms with Crippen molar-refractivity contribution in [1.29, 1.82) is 5.26 Å². The molecule has 1 amide bonds. The third-order valence-electron chi connectivity index (χ3n) is 5.00. The van der Waals surface area contributed by atoms with Gasteiger partial charge in [-0.25, -0.2) is 0 Å². The number of allylic oxidation sites excluding steroid dienone is 1. The fraction of sp³-hybridized carbons (Fsp3) is 0.238. The Kier molecular flexibility index (Phi) is 5.33. The molecule has 0 radical (unpaired) electrons. The van der Waals surface area contributed by atoms with Crippen molar-refractivity contribution in [2.24, 2.45) is 0 Å². The summed E-state index contributed by atoms with van der Waals surface area (Å²) in [6.07, 6.45) is 0.299. The Morgan fingerprint density at radius 3 is 2.54 bits per heavy atom. The van der Waals surface area contributed by atoms with Gasteiger partial charge in [-0.15, -0.1) is 0 Å². The second-order valence-corrected chi connectivity index (χ2v) is 8.46. The first-order valence-electron chi connectivity index (χ1n) is 8.82. The first-order valence-corrected chi connectivity index (χ1v) is 10.6. The summed E-state index contributed by atoms with van der Waals surface area (Å²) in [5, 5.41) is 10.6. The van der Waals surface area contributed by atoms with Gasteiger partial charge in [0.05, 0.1) is 36.3 Å². The number of fused-ring (bicyclic) bond motifs is 1. The van der Waals surface area contributed by atoms with E-state index in [1.54, 1.807) is 23.8 Å². The molecular formula is C21H18BrN3O2S. The number of nitriles is 1. The van der Waals surface area contributed by atoms with E-state index in [0.717, 1.165) is 26.5 Å². The number of anilines is 1. The molecule has 142 valence electrons. The van der Waals surface area contributed by atoms with Crippen LogP contribution in [0.1, 0.15) is 17.9 Å². The number of carbonyl (C=O) groups is 1. The number of hydrogen-bond donors (Lipinski definition) is 0. The number of amides is 1. The monoisotopic (exact) mass is 455 g/mol. The van der Waals surface area contributed by atoms with Crippen LogP contribution in [0.25, 0.3) is 0 Å². The molecule has 2 aromatic rings. The lowest BCUT2D eigenvalue weighted by atomic mass is 9.86. The third-order valence-corrected chi connectivity index (χ3v) is 6.69. The van der Waals surface area contributed by atoms with Gasteiger partial charge < -0.3 is 9.64 Å². The number of methoxy groups -OCH3 is 1. The zero-order valence-corrected chi connectivity index (χ0v) is 17.7. The quantitative estimate of drug-likeness (QED) is 0.672. The first kappa shape index (κ1) is 18.9. The summed E-state index contributed by atoms with van der Waals surface area (Å²) in [6, 6.07) is 18.0. The molecule has 4 rings (SSSR count). The first-order chi connectivity index (χ1) is 13.6. The molecule has 1 saturated heterocycles. The minimum absolute atomic E-state index is 0.0455. The van der Waals surface area contributed by atoms with E-state index in [2.05, 4.69) is 26.9 Å². The van der Waals surface area contributed by atoms with Crippen LogP contribution in [0, 0.1) is 11.3 Å². The van der Waals surface area contributed by atoms with Gasteiger partial charge >= 0.3 is 0 Å². The topological polar surface area (TPSA) is 56.6 Å². The standard InChI is InChI=1S/C21H18BrN3O2S/c1-27-17-8-2-14(3-9-17)18-10-20(26)25-12-24(13-28-21(25)19(18)11-23)16-6-4-15(22)5-7-16/h2-9,18H,10,12-13H2,1H3. The maximum absolute atomic E-state index is 12.9. The van der Waals surface area contributed by atoms with Gasteiger partial charge in [0, 0.05) is 22.5 Å². The number of benzene rings is 2. The Balaban J connectivity index is 1.63. The lowest BCUT2D eigenvalue weighted by molar-refractivity contribution is -0.129. The smallest absolute Gasteiger partial charge is 0.229 e. The van der Waals surface area contributed by atoms with Crippen molar-refractivity contribution in [2.75, 3.05) is 24.6 Å². The highest BCUT2D eigenvalue weighted by molar-refractivity contribution is 9.10. The fourth-order valence-corrected chi connectivity index (χ4v) is 4.93. The molecule has 0 aromatic heterocycles. The average Bonchev–Trinajstić information content (AvgIpc) is 2.74. The molecule has 1 atom stereocenters. The number of nitrogens with zero attached hydrogens (tertiary/aromatic N) is 3. The van der Waals surface area contributed by atoms with Gasteiger partial charge in [-0.1, -0.05) is 39.8 Å². The van der Waals surface area contributed by atoms with Crippen molar-refractivity contribution in [3.05, 3.63) is 69.2 Å². The van der Waals surface area contributed by atoms with Crippen LogP contribution in [-0.2, 0) is 4.79 Å². The number of carbonyl (C=O) groups excluding carboxylic acids is 1. The minimum Gasteiger partial charge on any atom is -0.497 e. The van der Waals surface area contributed by atoms with Crippen LogP contribution in [0.3, 0.4) is 0 Å². The average molecular weight is 456 g/mol. The van der Waals surface area contributed by atoms with Crippen molar-refractivity contribution < 1.29 is 9.53 Å². The maximum atomic E-state index is 12.9.